The summed E-state index contributed by atoms with van der Waals surface area (Å²) in [7, 11) is 0. The van der Waals surface area contributed by atoms with Crippen LogP contribution in [-0.4, -0.2) is 31.6 Å². The van der Waals surface area contributed by atoms with E-state index in [0.29, 0.717) is 19.6 Å². The van der Waals surface area contributed by atoms with E-state index in [1.54, 1.807) is 0 Å². The van der Waals surface area contributed by atoms with Crippen molar-refractivity contribution in [1.82, 2.24) is 5.32 Å². The van der Waals surface area contributed by atoms with Gasteiger partial charge in [0, 0.05) is 25.3 Å². The molecular weight excluding hydrogens is 304 g/mol. The lowest BCUT2D eigenvalue weighted by Crippen LogP contribution is -2.22. The third-order valence-electron chi connectivity index (χ3n) is 3.80. The van der Waals surface area contributed by atoms with E-state index in [1.807, 2.05) is 39.0 Å². The van der Waals surface area contributed by atoms with Crippen molar-refractivity contribution in [3.8, 4) is 0 Å². The third kappa shape index (κ3) is 8.11. The highest BCUT2D eigenvalue weighted by Crippen LogP contribution is 2.19. The summed E-state index contributed by atoms with van der Waals surface area (Å²) in [5.74, 6) is 0.000515. The van der Waals surface area contributed by atoms with Crippen molar-refractivity contribution in [2.75, 3.05) is 25.1 Å². The molecule has 0 fully saturated rings. The van der Waals surface area contributed by atoms with Crippen LogP contribution in [0.2, 0.25) is 0 Å². The van der Waals surface area contributed by atoms with Gasteiger partial charge in [-0.1, -0.05) is 31.0 Å². The molecule has 1 aromatic rings. The van der Waals surface area contributed by atoms with E-state index < -0.39 is 0 Å². The molecule has 5 nitrogen and oxygen atoms in total. The zero-order valence-electron chi connectivity index (χ0n) is 15.1. The van der Waals surface area contributed by atoms with E-state index >= 15 is 0 Å². The van der Waals surface area contributed by atoms with Gasteiger partial charge in [-0.05, 0) is 44.7 Å². The van der Waals surface area contributed by atoms with Crippen LogP contribution in [0.4, 0.5) is 5.69 Å². The zero-order chi connectivity index (χ0) is 17.8. The molecule has 0 unspecified atom stereocenters. The van der Waals surface area contributed by atoms with E-state index in [9.17, 15) is 9.59 Å². The number of carbonyl (C=O) groups excluding carboxylic acids is 2. The highest BCUT2D eigenvalue weighted by Gasteiger charge is 2.07. The molecule has 1 rings (SSSR count). The molecule has 0 spiro atoms. The summed E-state index contributed by atoms with van der Waals surface area (Å²) in [6.07, 6.45) is 4.42. The molecule has 0 aliphatic heterocycles. The van der Waals surface area contributed by atoms with E-state index in [0.717, 1.165) is 42.5 Å². The molecule has 0 aliphatic carbocycles. The van der Waals surface area contributed by atoms with Gasteiger partial charge in [-0.25, -0.2) is 0 Å². The molecule has 1 aromatic carbocycles. The Bertz CT molecular complexity index is 509. The number of rotatable bonds is 11. The standard InChI is InChI=1S/C19H30N2O3/c1-4-20-17(22)12-7-5-6-8-13-24-14-18(23)21-19-15(2)10-9-11-16(19)3/h9-11H,4-8,12-14H2,1-3H3,(H,20,22)(H,21,23). The Balaban J connectivity index is 2.07. The summed E-state index contributed by atoms with van der Waals surface area (Å²) in [5.41, 5.74) is 2.97. The number of carbonyl (C=O) groups is 2. The van der Waals surface area contributed by atoms with Crippen LogP contribution in [0, 0.1) is 13.8 Å². The number of hydrogen-bond acceptors (Lipinski definition) is 3. The van der Waals surface area contributed by atoms with Crippen molar-refractivity contribution in [2.24, 2.45) is 0 Å². The molecule has 134 valence electrons. The van der Waals surface area contributed by atoms with Crippen LogP contribution >= 0.6 is 0 Å². The average Bonchev–Trinajstić information content (AvgIpc) is 2.54. The molecule has 0 atom stereocenters. The molecular formula is C19H30N2O3. The van der Waals surface area contributed by atoms with Gasteiger partial charge in [0.15, 0.2) is 0 Å². The van der Waals surface area contributed by atoms with Crippen LogP contribution in [0.3, 0.4) is 0 Å². The lowest BCUT2D eigenvalue weighted by molar-refractivity contribution is -0.121. The number of ether oxygens (including phenoxy) is 1. The van der Waals surface area contributed by atoms with E-state index in [-0.39, 0.29) is 18.4 Å². The third-order valence-corrected chi connectivity index (χ3v) is 3.80. The lowest BCUT2D eigenvalue weighted by Gasteiger charge is -2.11. The number of para-hydroxylation sites is 1. The summed E-state index contributed by atoms with van der Waals surface area (Å²) in [6, 6.07) is 5.93. The number of unbranched alkanes of at least 4 members (excludes halogenated alkanes) is 3. The number of anilines is 1. The summed E-state index contributed by atoms with van der Waals surface area (Å²) in [6.45, 7) is 7.21. The molecule has 0 saturated carbocycles. The summed E-state index contributed by atoms with van der Waals surface area (Å²) in [4.78, 5) is 23.2. The van der Waals surface area contributed by atoms with E-state index in [2.05, 4.69) is 10.6 Å². The van der Waals surface area contributed by atoms with Crippen LogP contribution in [0.1, 0.15) is 50.2 Å². The van der Waals surface area contributed by atoms with Crippen LogP contribution in [-0.2, 0) is 14.3 Å². The second kappa shape index (κ2) is 11.6. The Morgan fingerprint density at radius 2 is 1.67 bits per heavy atom. The van der Waals surface area contributed by atoms with Gasteiger partial charge in [-0.2, -0.15) is 0 Å². The summed E-state index contributed by atoms with van der Waals surface area (Å²) >= 11 is 0. The Kier molecular flexibility index (Phi) is 9.77. The van der Waals surface area contributed by atoms with Gasteiger partial charge in [0.2, 0.25) is 11.8 Å². The topological polar surface area (TPSA) is 67.4 Å². The predicted molar refractivity (Wildman–Crippen MR) is 97.1 cm³/mol. The van der Waals surface area contributed by atoms with E-state index in [1.165, 1.54) is 0 Å². The normalized spacial score (nSPS) is 10.5. The summed E-state index contributed by atoms with van der Waals surface area (Å²) in [5, 5.41) is 5.69. The largest absolute Gasteiger partial charge is 0.372 e. The highest BCUT2D eigenvalue weighted by molar-refractivity contribution is 5.93. The molecule has 0 aliphatic rings. The smallest absolute Gasteiger partial charge is 0.250 e. The van der Waals surface area contributed by atoms with Crippen molar-refractivity contribution in [3.63, 3.8) is 0 Å². The van der Waals surface area contributed by atoms with Gasteiger partial charge in [0.25, 0.3) is 0 Å². The van der Waals surface area contributed by atoms with Crippen molar-refractivity contribution in [1.29, 1.82) is 0 Å². The van der Waals surface area contributed by atoms with Gasteiger partial charge in [-0.3, -0.25) is 9.59 Å². The quantitative estimate of drug-likeness (QED) is 0.610. The fourth-order valence-electron chi connectivity index (χ4n) is 2.48. The minimum Gasteiger partial charge on any atom is -0.372 e. The van der Waals surface area contributed by atoms with Crippen molar-refractivity contribution < 1.29 is 14.3 Å². The Hall–Kier alpha value is -1.88. The predicted octanol–water partition coefficient (Wildman–Crippen LogP) is 3.35. The minimum atomic E-state index is -0.122. The fraction of sp³-hybridized carbons (Fsp3) is 0.579. The first-order valence-corrected chi connectivity index (χ1v) is 8.75. The molecule has 5 heteroatoms. The highest BCUT2D eigenvalue weighted by atomic mass is 16.5. The molecule has 24 heavy (non-hydrogen) atoms. The number of nitrogens with one attached hydrogen (secondary N) is 2. The van der Waals surface area contributed by atoms with Crippen LogP contribution < -0.4 is 10.6 Å². The van der Waals surface area contributed by atoms with Crippen molar-refractivity contribution in [3.05, 3.63) is 29.3 Å². The number of aryl methyl sites for hydroxylation is 2. The molecule has 0 aromatic heterocycles. The van der Waals surface area contributed by atoms with Gasteiger partial charge in [-0.15, -0.1) is 0 Å². The van der Waals surface area contributed by atoms with Crippen LogP contribution in [0.15, 0.2) is 18.2 Å². The Labute approximate surface area is 145 Å². The zero-order valence-corrected chi connectivity index (χ0v) is 15.1. The maximum absolute atomic E-state index is 11.9. The first-order chi connectivity index (χ1) is 11.5. The fourth-order valence-corrected chi connectivity index (χ4v) is 2.48. The second-order valence-corrected chi connectivity index (χ2v) is 5.99. The molecule has 0 saturated heterocycles. The summed E-state index contributed by atoms with van der Waals surface area (Å²) < 4.78 is 5.42. The SMILES string of the molecule is CCNC(=O)CCCCCCOCC(=O)Nc1c(C)cccc1C. The molecule has 0 heterocycles. The Morgan fingerprint density at radius 1 is 1.00 bits per heavy atom. The molecule has 2 amide bonds. The van der Waals surface area contributed by atoms with Gasteiger partial charge < -0.3 is 15.4 Å². The number of hydrogen-bond donors (Lipinski definition) is 2. The monoisotopic (exact) mass is 334 g/mol. The average molecular weight is 334 g/mol. The Morgan fingerprint density at radius 3 is 2.33 bits per heavy atom. The van der Waals surface area contributed by atoms with Crippen LogP contribution in [0.25, 0.3) is 0 Å². The molecule has 0 radical (unpaired) electrons. The first-order valence-electron chi connectivity index (χ1n) is 8.75. The second-order valence-electron chi connectivity index (χ2n) is 5.99. The maximum atomic E-state index is 11.9. The molecule has 2 N–H and O–H groups in total. The maximum Gasteiger partial charge on any atom is 0.250 e. The van der Waals surface area contributed by atoms with Crippen molar-refractivity contribution in [2.45, 2.75) is 52.9 Å². The first kappa shape index (κ1) is 20.2. The van der Waals surface area contributed by atoms with Gasteiger partial charge >= 0.3 is 0 Å². The molecule has 0 bridgehead atoms. The van der Waals surface area contributed by atoms with Crippen LogP contribution in [0.5, 0.6) is 0 Å². The number of amides is 2. The minimum absolute atomic E-state index is 0.0761. The van der Waals surface area contributed by atoms with E-state index in [4.69, 9.17) is 4.74 Å². The van der Waals surface area contributed by atoms with Gasteiger partial charge in [0.05, 0.1) is 0 Å². The van der Waals surface area contributed by atoms with Crippen molar-refractivity contribution >= 4 is 17.5 Å². The van der Waals surface area contributed by atoms with Gasteiger partial charge in [0.1, 0.15) is 6.61 Å². The number of benzene rings is 1. The lowest BCUT2D eigenvalue weighted by atomic mass is 10.1.